The molecule has 0 spiro atoms. The molecular formula is C15H33Br2N. The molecule has 0 aliphatic rings. The minimum atomic E-state index is 0. The fourth-order valence-electron chi connectivity index (χ4n) is 2.55. The largest absolute Gasteiger partial charge is 1.00 e. The van der Waals surface area contributed by atoms with Crippen LogP contribution in [0, 0.1) is 0 Å². The van der Waals surface area contributed by atoms with E-state index in [1.54, 1.807) is 0 Å². The normalized spacial score (nSPS) is 13.2. The first-order chi connectivity index (χ1) is 8.14. The second-order valence-corrected chi connectivity index (χ2v) is 6.54. The summed E-state index contributed by atoms with van der Waals surface area (Å²) in [5.74, 6) is 0. The molecule has 1 atom stereocenters. The second kappa shape index (κ2) is 12.9. The SMILES string of the molecule is CCCCCC(Br)CCC[N+](CC)(CC)CC.[Br-]. The second-order valence-electron chi connectivity index (χ2n) is 5.25. The van der Waals surface area contributed by atoms with Crippen molar-refractivity contribution in [2.75, 3.05) is 26.2 Å². The van der Waals surface area contributed by atoms with Crippen LogP contribution in [0.1, 0.15) is 66.2 Å². The van der Waals surface area contributed by atoms with Crippen molar-refractivity contribution >= 4 is 15.9 Å². The number of quaternary nitrogens is 1. The molecule has 18 heavy (non-hydrogen) atoms. The summed E-state index contributed by atoms with van der Waals surface area (Å²) in [4.78, 5) is 0.751. The van der Waals surface area contributed by atoms with Gasteiger partial charge in [0.15, 0.2) is 0 Å². The molecule has 0 aromatic carbocycles. The Kier molecular flexibility index (Phi) is 15.2. The minimum absolute atomic E-state index is 0. The van der Waals surface area contributed by atoms with Gasteiger partial charge in [-0.25, -0.2) is 0 Å². The van der Waals surface area contributed by atoms with Crippen molar-refractivity contribution in [3.63, 3.8) is 0 Å². The van der Waals surface area contributed by atoms with Crippen LogP contribution in [-0.2, 0) is 0 Å². The number of hydrogen-bond donors (Lipinski definition) is 0. The van der Waals surface area contributed by atoms with Gasteiger partial charge in [-0.1, -0.05) is 42.1 Å². The molecular weight excluding hydrogens is 354 g/mol. The van der Waals surface area contributed by atoms with E-state index in [0.29, 0.717) is 0 Å². The highest BCUT2D eigenvalue weighted by atomic mass is 79.9. The van der Waals surface area contributed by atoms with Gasteiger partial charge in [-0.05, 0) is 40.0 Å². The van der Waals surface area contributed by atoms with Crippen LogP contribution in [0.3, 0.4) is 0 Å². The van der Waals surface area contributed by atoms with Crippen LogP contribution in [0.2, 0.25) is 0 Å². The van der Waals surface area contributed by atoms with E-state index in [2.05, 4.69) is 43.6 Å². The zero-order valence-corrected chi connectivity index (χ0v) is 16.0. The van der Waals surface area contributed by atoms with Gasteiger partial charge in [0.1, 0.15) is 0 Å². The third kappa shape index (κ3) is 8.92. The Morgan fingerprint density at radius 2 is 1.33 bits per heavy atom. The van der Waals surface area contributed by atoms with Gasteiger partial charge in [0.25, 0.3) is 0 Å². The molecule has 0 rings (SSSR count). The van der Waals surface area contributed by atoms with Crippen LogP contribution in [-0.4, -0.2) is 35.5 Å². The summed E-state index contributed by atoms with van der Waals surface area (Å²) >= 11 is 3.83. The quantitative estimate of drug-likeness (QED) is 0.289. The molecule has 0 aromatic heterocycles. The van der Waals surface area contributed by atoms with Gasteiger partial charge in [0, 0.05) is 4.83 Å². The van der Waals surface area contributed by atoms with Gasteiger partial charge in [-0.3, -0.25) is 0 Å². The molecule has 0 aliphatic carbocycles. The number of nitrogens with zero attached hydrogens (tertiary/aromatic N) is 1. The highest BCUT2D eigenvalue weighted by molar-refractivity contribution is 9.09. The lowest BCUT2D eigenvalue weighted by Crippen LogP contribution is -3.00. The Morgan fingerprint density at radius 3 is 1.78 bits per heavy atom. The monoisotopic (exact) mass is 385 g/mol. The lowest BCUT2D eigenvalue weighted by Gasteiger charge is -2.36. The summed E-state index contributed by atoms with van der Waals surface area (Å²) in [6.45, 7) is 14.5. The molecule has 0 saturated carbocycles. The van der Waals surface area contributed by atoms with Gasteiger partial charge in [0.2, 0.25) is 0 Å². The molecule has 1 unspecified atom stereocenters. The predicted octanol–water partition coefficient (Wildman–Crippen LogP) is 1.99. The zero-order valence-electron chi connectivity index (χ0n) is 12.9. The maximum absolute atomic E-state index is 3.83. The summed E-state index contributed by atoms with van der Waals surface area (Å²) in [6.07, 6.45) is 8.20. The maximum Gasteiger partial charge on any atom is 0.0786 e. The lowest BCUT2D eigenvalue weighted by molar-refractivity contribution is -0.923. The smallest absolute Gasteiger partial charge is 0.0786 e. The maximum atomic E-state index is 3.83. The lowest BCUT2D eigenvalue weighted by atomic mass is 10.1. The Balaban J connectivity index is 0. The van der Waals surface area contributed by atoms with Crippen molar-refractivity contribution in [3.8, 4) is 0 Å². The molecule has 0 saturated heterocycles. The predicted molar refractivity (Wildman–Crippen MR) is 82.8 cm³/mol. The average Bonchev–Trinajstić information content (AvgIpc) is 2.36. The fraction of sp³-hybridized carbons (Fsp3) is 1.00. The first kappa shape index (κ1) is 21.2. The van der Waals surface area contributed by atoms with Gasteiger partial charge < -0.3 is 21.5 Å². The van der Waals surface area contributed by atoms with Crippen molar-refractivity contribution in [3.05, 3.63) is 0 Å². The first-order valence-corrected chi connectivity index (χ1v) is 8.54. The van der Waals surface area contributed by atoms with Crippen molar-refractivity contribution in [1.82, 2.24) is 0 Å². The number of halogens is 2. The molecule has 0 aliphatic heterocycles. The van der Waals surface area contributed by atoms with Crippen LogP contribution < -0.4 is 17.0 Å². The first-order valence-electron chi connectivity index (χ1n) is 7.63. The van der Waals surface area contributed by atoms with Gasteiger partial charge >= 0.3 is 0 Å². The number of alkyl halides is 1. The summed E-state index contributed by atoms with van der Waals surface area (Å²) in [5, 5.41) is 0. The summed E-state index contributed by atoms with van der Waals surface area (Å²) in [6, 6.07) is 0. The third-order valence-corrected chi connectivity index (χ3v) is 5.20. The van der Waals surface area contributed by atoms with E-state index in [-0.39, 0.29) is 17.0 Å². The van der Waals surface area contributed by atoms with E-state index in [0.717, 1.165) is 4.83 Å². The van der Waals surface area contributed by atoms with Crippen molar-refractivity contribution < 1.29 is 21.5 Å². The van der Waals surface area contributed by atoms with E-state index in [9.17, 15) is 0 Å². The molecule has 0 amide bonds. The molecule has 1 nitrogen and oxygen atoms in total. The summed E-state index contributed by atoms with van der Waals surface area (Å²) in [5.41, 5.74) is 0. The molecule has 0 aromatic rings. The molecule has 3 heteroatoms. The minimum Gasteiger partial charge on any atom is -1.00 e. The molecule has 0 radical (unpaired) electrons. The molecule has 112 valence electrons. The van der Waals surface area contributed by atoms with Crippen molar-refractivity contribution in [2.24, 2.45) is 0 Å². The van der Waals surface area contributed by atoms with Crippen LogP contribution in [0.15, 0.2) is 0 Å². The highest BCUT2D eigenvalue weighted by Gasteiger charge is 2.20. The van der Waals surface area contributed by atoms with E-state index >= 15 is 0 Å². The van der Waals surface area contributed by atoms with Crippen LogP contribution in [0.5, 0.6) is 0 Å². The van der Waals surface area contributed by atoms with Crippen LogP contribution in [0.25, 0.3) is 0 Å². The fourth-order valence-corrected chi connectivity index (χ4v) is 3.20. The van der Waals surface area contributed by atoms with Gasteiger partial charge in [-0.2, -0.15) is 0 Å². The van der Waals surface area contributed by atoms with Crippen LogP contribution in [0.4, 0.5) is 0 Å². The molecule has 0 bridgehead atoms. The Labute approximate surface area is 134 Å². The Bertz CT molecular complexity index is 162. The number of rotatable bonds is 11. The van der Waals surface area contributed by atoms with Crippen molar-refractivity contribution in [2.45, 2.75) is 71.0 Å². The highest BCUT2D eigenvalue weighted by Crippen LogP contribution is 2.18. The van der Waals surface area contributed by atoms with E-state index in [1.165, 1.54) is 69.2 Å². The Morgan fingerprint density at radius 1 is 0.833 bits per heavy atom. The number of hydrogen-bond acceptors (Lipinski definition) is 0. The molecule has 0 heterocycles. The molecule has 0 N–H and O–H groups in total. The van der Waals surface area contributed by atoms with Gasteiger partial charge in [0.05, 0.1) is 26.2 Å². The zero-order chi connectivity index (χ0) is 13.1. The Hall–Kier alpha value is 0.920. The number of unbranched alkanes of at least 4 members (excludes halogenated alkanes) is 2. The van der Waals surface area contributed by atoms with Gasteiger partial charge in [-0.15, -0.1) is 0 Å². The van der Waals surface area contributed by atoms with E-state index < -0.39 is 0 Å². The standard InChI is InChI=1S/C15H33BrN.BrH/c1-5-9-10-12-15(16)13-11-14-17(6-2,7-3)8-4;/h15H,5-14H2,1-4H3;1H/q+1;/p-1. The van der Waals surface area contributed by atoms with Crippen LogP contribution >= 0.6 is 15.9 Å². The summed E-state index contributed by atoms with van der Waals surface area (Å²) in [7, 11) is 0. The third-order valence-electron chi connectivity index (χ3n) is 4.28. The van der Waals surface area contributed by atoms with E-state index in [1.807, 2.05) is 0 Å². The summed E-state index contributed by atoms with van der Waals surface area (Å²) < 4.78 is 1.30. The topological polar surface area (TPSA) is 0 Å². The molecule has 0 fully saturated rings. The van der Waals surface area contributed by atoms with Crippen molar-refractivity contribution in [1.29, 1.82) is 0 Å². The average molecular weight is 387 g/mol. The van der Waals surface area contributed by atoms with E-state index in [4.69, 9.17) is 0 Å².